The summed E-state index contributed by atoms with van der Waals surface area (Å²) in [7, 11) is 0. The minimum absolute atomic E-state index is 0.0834. The average Bonchev–Trinajstić information content (AvgIpc) is 2.75. The minimum Gasteiger partial charge on any atom is -0.341 e. The Morgan fingerprint density at radius 3 is 2.70 bits per heavy atom. The Kier molecular flexibility index (Phi) is 6.05. The Balaban J connectivity index is 1.84. The van der Waals surface area contributed by atoms with E-state index < -0.39 is 0 Å². The molecule has 1 saturated heterocycles. The Bertz CT molecular complexity index is 422. The Morgan fingerprint density at radius 2 is 2.05 bits per heavy atom. The summed E-state index contributed by atoms with van der Waals surface area (Å²) in [6.07, 6.45) is 5.91. The maximum atomic E-state index is 12.4. The molecule has 2 rings (SSSR count). The number of rotatable bonds is 5. The topological polar surface area (TPSA) is 32.3 Å². The zero-order valence-corrected chi connectivity index (χ0v) is 13.5. The molecule has 112 valence electrons. The number of likely N-dealkylation sites (tertiary alicyclic amines) is 1. The second-order valence-corrected chi connectivity index (χ2v) is 6.57. The fourth-order valence-corrected chi connectivity index (χ4v) is 3.66. The molecule has 0 bridgehead atoms. The molecule has 1 aromatic heterocycles. The SMILES string of the molecule is CCc1ccsc1CNC(C)C(=O)N1CCCCCC1. The van der Waals surface area contributed by atoms with Gasteiger partial charge in [-0.25, -0.2) is 0 Å². The average molecular weight is 294 g/mol. The van der Waals surface area contributed by atoms with Crippen LogP contribution >= 0.6 is 11.3 Å². The van der Waals surface area contributed by atoms with Crippen LogP contribution in [-0.2, 0) is 17.8 Å². The number of carbonyl (C=O) groups is 1. The Morgan fingerprint density at radius 1 is 1.35 bits per heavy atom. The lowest BCUT2D eigenvalue weighted by molar-refractivity contribution is -0.133. The summed E-state index contributed by atoms with van der Waals surface area (Å²) in [6, 6.07) is 2.10. The van der Waals surface area contributed by atoms with Crippen molar-refractivity contribution >= 4 is 17.2 Å². The number of nitrogens with zero attached hydrogens (tertiary/aromatic N) is 1. The van der Waals surface area contributed by atoms with Gasteiger partial charge in [-0.05, 0) is 43.2 Å². The third-order valence-electron chi connectivity index (χ3n) is 4.08. The van der Waals surface area contributed by atoms with E-state index in [4.69, 9.17) is 0 Å². The highest BCUT2D eigenvalue weighted by Gasteiger charge is 2.21. The van der Waals surface area contributed by atoms with Crippen molar-refractivity contribution in [1.82, 2.24) is 10.2 Å². The van der Waals surface area contributed by atoms with E-state index in [0.29, 0.717) is 0 Å². The van der Waals surface area contributed by atoms with Crippen LogP contribution in [0.2, 0.25) is 0 Å². The molecule has 1 aromatic rings. The molecule has 0 spiro atoms. The first-order valence-electron chi connectivity index (χ1n) is 7.79. The molecule has 0 aromatic carbocycles. The second kappa shape index (κ2) is 7.79. The van der Waals surface area contributed by atoms with Crippen LogP contribution in [-0.4, -0.2) is 29.9 Å². The van der Waals surface area contributed by atoms with Crippen LogP contribution in [0.3, 0.4) is 0 Å². The lowest BCUT2D eigenvalue weighted by Crippen LogP contribution is -2.45. The van der Waals surface area contributed by atoms with Gasteiger partial charge in [0.2, 0.25) is 5.91 Å². The van der Waals surface area contributed by atoms with Crippen molar-refractivity contribution in [3.63, 3.8) is 0 Å². The molecule has 1 aliphatic heterocycles. The molecule has 1 aliphatic rings. The fraction of sp³-hybridized carbons (Fsp3) is 0.688. The summed E-state index contributed by atoms with van der Waals surface area (Å²) < 4.78 is 0. The number of carbonyl (C=O) groups excluding carboxylic acids is 1. The van der Waals surface area contributed by atoms with Gasteiger partial charge in [-0.15, -0.1) is 11.3 Å². The number of hydrogen-bond donors (Lipinski definition) is 1. The van der Waals surface area contributed by atoms with E-state index in [1.54, 1.807) is 11.3 Å². The van der Waals surface area contributed by atoms with E-state index in [0.717, 1.165) is 38.9 Å². The predicted octanol–water partition coefficient (Wildman–Crippen LogP) is 3.19. The molecular weight excluding hydrogens is 268 g/mol. The molecule has 1 fully saturated rings. The van der Waals surface area contributed by atoms with Crippen molar-refractivity contribution < 1.29 is 4.79 Å². The highest BCUT2D eigenvalue weighted by atomic mass is 32.1. The first-order valence-corrected chi connectivity index (χ1v) is 8.67. The molecule has 4 heteroatoms. The molecule has 1 unspecified atom stereocenters. The summed E-state index contributed by atoms with van der Waals surface area (Å²) in [4.78, 5) is 15.8. The van der Waals surface area contributed by atoms with E-state index in [-0.39, 0.29) is 11.9 Å². The molecule has 2 heterocycles. The first-order chi connectivity index (χ1) is 9.72. The Labute approximate surface area is 126 Å². The maximum Gasteiger partial charge on any atom is 0.239 e. The molecule has 20 heavy (non-hydrogen) atoms. The summed E-state index contributed by atoms with van der Waals surface area (Å²) in [5.74, 6) is 0.265. The van der Waals surface area contributed by atoms with Gasteiger partial charge in [0.15, 0.2) is 0 Å². The third kappa shape index (κ3) is 4.06. The number of nitrogens with one attached hydrogen (secondary N) is 1. The van der Waals surface area contributed by atoms with E-state index in [2.05, 4.69) is 23.7 Å². The zero-order valence-electron chi connectivity index (χ0n) is 12.7. The van der Waals surface area contributed by atoms with Gasteiger partial charge < -0.3 is 10.2 Å². The van der Waals surface area contributed by atoms with Crippen molar-refractivity contribution in [1.29, 1.82) is 0 Å². The highest BCUT2D eigenvalue weighted by Crippen LogP contribution is 2.17. The quantitative estimate of drug-likeness (QED) is 0.904. The van der Waals surface area contributed by atoms with Gasteiger partial charge in [-0.2, -0.15) is 0 Å². The van der Waals surface area contributed by atoms with Crippen LogP contribution < -0.4 is 5.32 Å². The summed E-state index contributed by atoms with van der Waals surface area (Å²) in [5.41, 5.74) is 1.40. The standard InChI is InChI=1S/C16H26N2OS/c1-3-14-8-11-20-15(14)12-17-13(2)16(19)18-9-6-4-5-7-10-18/h8,11,13,17H,3-7,9-10,12H2,1-2H3. The molecule has 3 nitrogen and oxygen atoms in total. The zero-order chi connectivity index (χ0) is 14.4. The van der Waals surface area contributed by atoms with Gasteiger partial charge in [-0.1, -0.05) is 19.8 Å². The van der Waals surface area contributed by atoms with Gasteiger partial charge in [-0.3, -0.25) is 4.79 Å². The van der Waals surface area contributed by atoms with Crippen LogP contribution in [0.15, 0.2) is 11.4 Å². The molecule has 0 radical (unpaired) electrons. The third-order valence-corrected chi connectivity index (χ3v) is 5.04. The van der Waals surface area contributed by atoms with E-state index in [1.165, 1.54) is 23.3 Å². The highest BCUT2D eigenvalue weighted by molar-refractivity contribution is 7.10. The van der Waals surface area contributed by atoms with Crippen LogP contribution in [0.1, 0.15) is 50.0 Å². The first kappa shape index (κ1) is 15.5. The van der Waals surface area contributed by atoms with Gasteiger partial charge in [0.25, 0.3) is 0 Å². The smallest absolute Gasteiger partial charge is 0.239 e. The van der Waals surface area contributed by atoms with Gasteiger partial charge >= 0.3 is 0 Å². The lowest BCUT2D eigenvalue weighted by atomic mass is 10.2. The normalized spacial score (nSPS) is 17.8. The van der Waals surface area contributed by atoms with E-state index >= 15 is 0 Å². The molecular formula is C16H26N2OS. The van der Waals surface area contributed by atoms with Crippen LogP contribution in [0.4, 0.5) is 0 Å². The van der Waals surface area contributed by atoms with Crippen LogP contribution in [0.25, 0.3) is 0 Å². The number of aryl methyl sites for hydroxylation is 1. The van der Waals surface area contributed by atoms with E-state index in [1.807, 2.05) is 11.8 Å². The molecule has 1 amide bonds. The summed E-state index contributed by atoms with van der Waals surface area (Å²) in [6.45, 7) is 6.85. The molecule has 0 aliphatic carbocycles. The molecule has 1 atom stereocenters. The molecule has 1 N–H and O–H groups in total. The fourth-order valence-electron chi connectivity index (χ4n) is 2.74. The largest absolute Gasteiger partial charge is 0.341 e. The number of amides is 1. The van der Waals surface area contributed by atoms with Crippen molar-refractivity contribution in [3.8, 4) is 0 Å². The number of hydrogen-bond acceptors (Lipinski definition) is 3. The number of thiophene rings is 1. The summed E-state index contributed by atoms with van der Waals surface area (Å²) >= 11 is 1.78. The Hall–Kier alpha value is -0.870. The van der Waals surface area contributed by atoms with Crippen LogP contribution in [0, 0.1) is 0 Å². The lowest BCUT2D eigenvalue weighted by Gasteiger charge is -2.24. The van der Waals surface area contributed by atoms with Crippen molar-refractivity contribution in [2.24, 2.45) is 0 Å². The maximum absolute atomic E-state index is 12.4. The molecule has 0 saturated carbocycles. The van der Waals surface area contributed by atoms with Crippen molar-refractivity contribution in [3.05, 3.63) is 21.9 Å². The van der Waals surface area contributed by atoms with Crippen molar-refractivity contribution in [2.45, 2.75) is 58.5 Å². The monoisotopic (exact) mass is 294 g/mol. The van der Waals surface area contributed by atoms with Gasteiger partial charge in [0, 0.05) is 24.5 Å². The second-order valence-electron chi connectivity index (χ2n) is 5.56. The van der Waals surface area contributed by atoms with Crippen molar-refractivity contribution in [2.75, 3.05) is 13.1 Å². The summed E-state index contributed by atoms with van der Waals surface area (Å²) in [5, 5.41) is 5.53. The van der Waals surface area contributed by atoms with Gasteiger partial charge in [0.05, 0.1) is 6.04 Å². The van der Waals surface area contributed by atoms with E-state index in [9.17, 15) is 4.79 Å². The predicted molar refractivity (Wildman–Crippen MR) is 85.0 cm³/mol. The minimum atomic E-state index is -0.0834. The van der Waals surface area contributed by atoms with Gasteiger partial charge in [0.1, 0.15) is 0 Å². The van der Waals surface area contributed by atoms with Crippen LogP contribution in [0.5, 0.6) is 0 Å².